The molecule has 1 aliphatic rings. The van der Waals surface area contributed by atoms with Crippen LogP contribution in [0.2, 0.25) is 0 Å². The van der Waals surface area contributed by atoms with E-state index in [1.165, 1.54) is 4.90 Å². The summed E-state index contributed by atoms with van der Waals surface area (Å²) in [6, 6.07) is 5.86. The standard InChI is InChI=1S/C22H26BrN3O3S/c1-4-7-10-26-21(28)19(30-22(26)29)11-15-13-25(14-20(27)24(5-2)6-3)18-9-8-16(23)12-17(15)18/h8-9,11-13H,4-7,10,14H2,1-3H3/b19-11-. The van der Waals surface area contributed by atoms with Crippen LogP contribution in [0, 0.1) is 0 Å². The van der Waals surface area contributed by atoms with Crippen molar-refractivity contribution in [3.63, 3.8) is 0 Å². The van der Waals surface area contributed by atoms with Crippen LogP contribution < -0.4 is 0 Å². The molecule has 30 heavy (non-hydrogen) atoms. The van der Waals surface area contributed by atoms with Gasteiger partial charge in [0.1, 0.15) is 6.54 Å². The Morgan fingerprint density at radius 3 is 2.60 bits per heavy atom. The fourth-order valence-corrected chi connectivity index (χ4v) is 4.73. The zero-order valence-electron chi connectivity index (χ0n) is 17.5. The average molecular weight is 492 g/mol. The Hall–Kier alpha value is -2.06. The number of hydrogen-bond donors (Lipinski definition) is 0. The van der Waals surface area contributed by atoms with Gasteiger partial charge in [0, 0.05) is 46.8 Å². The molecule has 0 unspecified atom stereocenters. The summed E-state index contributed by atoms with van der Waals surface area (Å²) in [6.45, 7) is 7.96. The Labute approximate surface area is 189 Å². The maximum Gasteiger partial charge on any atom is 0.293 e. The fraction of sp³-hybridized carbons (Fsp3) is 0.409. The molecule has 3 rings (SSSR count). The van der Waals surface area contributed by atoms with Gasteiger partial charge in [0.25, 0.3) is 11.1 Å². The van der Waals surface area contributed by atoms with Crippen molar-refractivity contribution in [1.29, 1.82) is 0 Å². The number of fused-ring (bicyclic) bond motifs is 1. The number of benzene rings is 1. The van der Waals surface area contributed by atoms with E-state index in [-0.39, 0.29) is 23.6 Å². The second-order valence-electron chi connectivity index (χ2n) is 7.13. The van der Waals surface area contributed by atoms with E-state index in [0.717, 1.165) is 45.5 Å². The van der Waals surface area contributed by atoms with Crippen LogP contribution in [-0.2, 0) is 16.1 Å². The molecule has 8 heteroatoms. The van der Waals surface area contributed by atoms with Gasteiger partial charge in [-0.15, -0.1) is 0 Å². The van der Waals surface area contributed by atoms with E-state index in [2.05, 4.69) is 15.9 Å². The predicted molar refractivity (Wildman–Crippen MR) is 125 cm³/mol. The van der Waals surface area contributed by atoms with Crippen LogP contribution >= 0.6 is 27.7 Å². The van der Waals surface area contributed by atoms with Gasteiger partial charge in [0.15, 0.2) is 0 Å². The highest BCUT2D eigenvalue weighted by Gasteiger charge is 2.34. The van der Waals surface area contributed by atoms with Gasteiger partial charge in [0.2, 0.25) is 5.91 Å². The summed E-state index contributed by atoms with van der Waals surface area (Å²) in [7, 11) is 0. The van der Waals surface area contributed by atoms with Crippen molar-refractivity contribution < 1.29 is 14.4 Å². The summed E-state index contributed by atoms with van der Waals surface area (Å²) < 4.78 is 2.82. The Kier molecular flexibility index (Phi) is 7.41. The molecule has 1 aromatic carbocycles. The zero-order chi connectivity index (χ0) is 21.8. The van der Waals surface area contributed by atoms with Crippen LogP contribution in [0.1, 0.15) is 39.2 Å². The monoisotopic (exact) mass is 491 g/mol. The lowest BCUT2D eigenvalue weighted by Gasteiger charge is -2.19. The van der Waals surface area contributed by atoms with Crippen LogP contribution in [0.4, 0.5) is 4.79 Å². The summed E-state index contributed by atoms with van der Waals surface area (Å²) in [5, 5.41) is 0.707. The third kappa shape index (κ3) is 4.64. The van der Waals surface area contributed by atoms with Gasteiger partial charge in [0.05, 0.1) is 4.91 Å². The average Bonchev–Trinajstić information content (AvgIpc) is 3.18. The largest absolute Gasteiger partial charge is 0.342 e. The number of rotatable bonds is 8. The molecule has 1 aromatic heterocycles. The van der Waals surface area contributed by atoms with Crippen molar-refractivity contribution in [3.8, 4) is 0 Å². The maximum absolute atomic E-state index is 12.7. The number of likely N-dealkylation sites (N-methyl/N-ethyl adjacent to an activating group) is 1. The number of amides is 3. The van der Waals surface area contributed by atoms with Crippen molar-refractivity contribution in [2.24, 2.45) is 0 Å². The smallest absolute Gasteiger partial charge is 0.293 e. The SMILES string of the molecule is CCCCN1C(=O)S/C(=C\c2cn(CC(=O)N(CC)CC)c3ccc(Br)cc23)C1=O. The number of nitrogens with zero attached hydrogens (tertiary/aromatic N) is 3. The van der Waals surface area contributed by atoms with Crippen molar-refractivity contribution in [3.05, 3.63) is 39.3 Å². The summed E-state index contributed by atoms with van der Waals surface area (Å²) >= 11 is 4.48. The van der Waals surface area contributed by atoms with E-state index in [9.17, 15) is 14.4 Å². The first-order chi connectivity index (χ1) is 14.4. The van der Waals surface area contributed by atoms with Gasteiger partial charge < -0.3 is 9.47 Å². The highest BCUT2D eigenvalue weighted by atomic mass is 79.9. The van der Waals surface area contributed by atoms with Crippen LogP contribution in [-0.4, -0.2) is 51.1 Å². The van der Waals surface area contributed by atoms with Gasteiger partial charge in [-0.2, -0.15) is 0 Å². The molecule has 0 aliphatic carbocycles. The Bertz CT molecular complexity index is 1010. The first-order valence-electron chi connectivity index (χ1n) is 10.2. The molecule has 0 spiro atoms. The molecule has 0 saturated carbocycles. The number of carbonyl (C=O) groups excluding carboxylic acids is 3. The lowest BCUT2D eigenvalue weighted by Crippen LogP contribution is -2.33. The van der Waals surface area contributed by atoms with Gasteiger partial charge in [-0.05, 0) is 56.3 Å². The molecule has 0 atom stereocenters. The fourth-order valence-electron chi connectivity index (χ4n) is 3.52. The molecular formula is C22H26BrN3O3S. The maximum atomic E-state index is 12.7. The predicted octanol–water partition coefficient (Wildman–Crippen LogP) is 5.11. The summed E-state index contributed by atoms with van der Waals surface area (Å²) in [6.07, 6.45) is 5.37. The van der Waals surface area contributed by atoms with Gasteiger partial charge >= 0.3 is 0 Å². The van der Waals surface area contributed by atoms with E-state index in [1.54, 1.807) is 11.0 Å². The molecule has 0 N–H and O–H groups in total. The van der Waals surface area contributed by atoms with Crippen molar-refractivity contribution in [2.75, 3.05) is 19.6 Å². The normalized spacial score (nSPS) is 15.6. The number of thioether (sulfide) groups is 1. The third-order valence-electron chi connectivity index (χ3n) is 5.19. The molecule has 1 fully saturated rings. The Morgan fingerprint density at radius 2 is 1.93 bits per heavy atom. The second-order valence-corrected chi connectivity index (χ2v) is 9.04. The number of unbranched alkanes of at least 4 members (excludes halogenated alkanes) is 1. The topological polar surface area (TPSA) is 62.6 Å². The zero-order valence-corrected chi connectivity index (χ0v) is 19.9. The van der Waals surface area contributed by atoms with Crippen molar-refractivity contribution >= 4 is 61.7 Å². The van der Waals surface area contributed by atoms with Crippen molar-refractivity contribution in [1.82, 2.24) is 14.4 Å². The quantitative estimate of drug-likeness (QED) is 0.481. The number of aromatic nitrogens is 1. The first-order valence-corrected chi connectivity index (χ1v) is 11.8. The molecule has 0 bridgehead atoms. The minimum Gasteiger partial charge on any atom is -0.342 e. The number of halogens is 1. The highest BCUT2D eigenvalue weighted by Crippen LogP contribution is 2.35. The van der Waals surface area contributed by atoms with Gasteiger partial charge in [-0.1, -0.05) is 29.3 Å². The molecule has 2 aromatic rings. The summed E-state index contributed by atoms with van der Waals surface area (Å²) in [4.78, 5) is 41.2. The number of carbonyl (C=O) groups is 3. The minimum absolute atomic E-state index is 0.0475. The van der Waals surface area contributed by atoms with Gasteiger partial charge in [-0.3, -0.25) is 19.3 Å². The third-order valence-corrected chi connectivity index (χ3v) is 6.59. The van der Waals surface area contributed by atoms with E-state index in [4.69, 9.17) is 0 Å². The highest BCUT2D eigenvalue weighted by molar-refractivity contribution is 9.10. The molecular weight excluding hydrogens is 466 g/mol. The van der Waals surface area contributed by atoms with E-state index >= 15 is 0 Å². The molecule has 1 saturated heterocycles. The lowest BCUT2D eigenvalue weighted by atomic mass is 10.1. The summed E-state index contributed by atoms with van der Waals surface area (Å²) in [5.74, 6) is -0.195. The van der Waals surface area contributed by atoms with Crippen LogP contribution in [0.3, 0.4) is 0 Å². The van der Waals surface area contributed by atoms with Crippen LogP contribution in [0.15, 0.2) is 33.8 Å². The van der Waals surface area contributed by atoms with Crippen LogP contribution in [0.25, 0.3) is 17.0 Å². The van der Waals surface area contributed by atoms with Gasteiger partial charge in [-0.25, -0.2) is 0 Å². The molecule has 0 radical (unpaired) electrons. The first kappa shape index (κ1) is 22.6. The molecule has 3 amide bonds. The van der Waals surface area contributed by atoms with E-state index in [1.807, 2.05) is 49.7 Å². The second kappa shape index (κ2) is 9.83. The lowest BCUT2D eigenvalue weighted by molar-refractivity contribution is -0.131. The minimum atomic E-state index is -0.242. The molecule has 1 aliphatic heterocycles. The Balaban J connectivity index is 1.97. The summed E-state index contributed by atoms with van der Waals surface area (Å²) in [5.41, 5.74) is 1.73. The molecule has 2 heterocycles. The van der Waals surface area contributed by atoms with Crippen LogP contribution in [0.5, 0.6) is 0 Å². The van der Waals surface area contributed by atoms with Crippen molar-refractivity contribution in [2.45, 2.75) is 40.2 Å². The molecule has 160 valence electrons. The number of imide groups is 1. The Morgan fingerprint density at radius 1 is 1.20 bits per heavy atom. The van der Waals surface area contributed by atoms with E-state index in [0.29, 0.717) is 24.5 Å². The van der Waals surface area contributed by atoms with E-state index < -0.39 is 0 Å². The number of hydrogen-bond acceptors (Lipinski definition) is 4. The molecule has 6 nitrogen and oxygen atoms in total.